The summed E-state index contributed by atoms with van der Waals surface area (Å²) >= 11 is 7.97. The van der Waals surface area contributed by atoms with E-state index in [2.05, 4.69) is 32.8 Å². The number of carbonyl (C=O) groups excluding carboxylic acids is 2. The van der Waals surface area contributed by atoms with E-state index in [4.69, 9.17) is 12.2 Å². The Balaban J connectivity index is 3.12. The van der Waals surface area contributed by atoms with E-state index in [9.17, 15) is 14.1 Å². The smallest absolute Gasteiger partial charge is 0.352 e. The maximum atomic E-state index is 12.5. The summed E-state index contributed by atoms with van der Waals surface area (Å²) in [5.41, 5.74) is 2.01. The minimum atomic E-state index is -1.16. The predicted molar refractivity (Wildman–Crippen MR) is 84.7 cm³/mol. The lowest BCUT2D eigenvalue weighted by molar-refractivity contribution is -0.184. The lowest BCUT2D eigenvalue weighted by atomic mass is 10.1. The van der Waals surface area contributed by atoms with Crippen LogP contribution in [0.4, 0.5) is 10.2 Å². The molecule has 1 aromatic carbocycles. The fourth-order valence-electron chi connectivity index (χ4n) is 1.61. The topological polar surface area (TPSA) is 58.6 Å². The highest BCUT2D eigenvalue weighted by Gasteiger charge is 2.21. The maximum Gasteiger partial charge on any atom is 0.367 e. The summed E-state index contributed by atoms with van der Waals surface area (Å²) in [4.78, 5) is 27.7. The molecule has 0 aliphatic rings. The zero-order chi connectivity index (χ0) is 15.8. The summed E-state index contributed by atoms with van der Waals surface area (Å²) in [6, 6.07) is 4.95. The number of halogens is 2. The molecule has 0 radical (unpaired) electrons. The summed E-state index contributed by atoms with van der Waals surface area (Å²) in [6.07, 6.45) is 1.42. The summed E-state index contributed by atoms with van der Waals surface area (Å²) in [5.74, 6) is -1.65. The number of thiocarbonyl (C=S) groups is 1. The predicted octanol–water partition coefficient (Wildman–Crippen LogP) is 2.87. The van der Waals surface area contributed by atoms with Gasteiger partial charge in [0, 0.05) is 15.5 Å². The van der Waals surface area contributed by atoms with Crippen molar-refractivity contribution in [1.82, 2.24) is 4.90 Å². The van der Waals surface area contributed by atoms with Crippen molar-refractivity contribution in [3.63, 3.8) is 0 Å². The highest BCUT2D eigenvalue weighted by Crippen LogP contribution is 2.22. The first-order chi connectivity index (χ1) is 10.0. The van der Waals surface area contributed by atoms with Gasteiger partial charge in [0.25, 0.3) is 5.91 Å². The highest BCUT2D eigenvalue weighted by molar-refractivity contribution is 9.10. The summed E-state index contributed by atoms with van der Waals surface area (Å²) < 4.78 is 12.5. The Hall–Kier alpha value is -1.80. The lowest BCUT2D eigenvalue weighted by Gasteiger charge is -2.20. The fraction of sp³-hybridized carbons (Fsp3) is 0.154. The van der Waals surface area contributed by atoms with E-state index in [1.54, 1.807) is 18.2 Å². The zero-order valence-electron chi connectivity index (χ0n) is 10.8. The zero-order valence-corrected chi connectivity index (χ0v) is 13.2. The highest BCUT2D eigenvalue weighted by atomic mass is 79.9. The van der Waals surface area contributed by atoms with E-state index in [1.165, 1.54) is 11.6 Å². The average molecular weight is 375 g/mol. The molecule has 8 heteroatoms. The Bertz CT molecular complexity index is 568. The molecule has 0 unspecified atom stereocenters. The number of anilines is 1. The van der Waals surface area contributed by atoms with Gasteiger partial charge in [-0.25, -0.2) is 4.79 Å². The average Bonchev–Trinajstić information content (AvgIpc) is 2.48. The molecule has 0 saturated heterocycles. The van der Waals surface area contributed by atoms with Crippen LogP contribution in [-0.4, -0.2) is 35.4 Å². The third kappa shape index (κ3) is 4.91. The largest absolute Gasteiger partial charge is 0.367 e. The van der Waals surface area contributed by atoms with E-state index in [-0.39, 0.29) is 12.1 Å². The van der Waals surface area contributed by atoms with E-state index in [0.29, 0.717) is 10.2 Å². The second kappa shape index (κ2) is 8.48. The van der Waals surface area contributed by atoms with Crippen LogP contribution in [0.5, 0.6) is 0 Å². The molecule has 0 heterocycles. The Kier molecular flexibility index (Phi) is 6.97. The summed E-state index contributed by atoms with van der Waals surface area (Å²) in [6.45, 7) is 3.04. The molecule has 21 heavy (non-hydrogen) atoms. The van der Waals surface area contributed by atoms with Crippen molar-refractivity contribution in [2.75, 3.05) is 18.4 Å². The first-order valence-corrected chi connectivity index (χ1v) is 7.01. The standard InChI is InChI=1S/C13H12BrFN2O3S/c1-2-5-17(7-12(18)20-15)13(19)10-6-9(14)3-4-11(10)16-8-21/h2-4,6,8H,1,5,7H2,(H,16,21). The summed E-state index contributed by atoms with van der Waals surface area (Å²) in [5, 5.41) is 2.75. The van der Waals surface area contributed by atoms with Gasteiger partial charge in [-0.2, -0.15) is 0 Å². The van der Waals surface area contributed by atoms with Gasteiger partial charge in [-0.3, -0.25) is 9.74 Å². The van der Waals surface area contributed by atoms with Gasteiger partial charge < -0.3 is 10.2 Å². The van der Waals surface area contributed by atoms with Crippen molar-refractivity contribution in [3.05, 3.63) is 40.9 Å². The number of rotatable bonds is 7. The number of nitrogens with zero attached hydrogens (tertiary/aromatic N) is 1. The Labute approximate surface area is 134 Å². The quantitative estimate of drug-likeness (QED) is 0.587. The molecule has 1 amide bonds. The number of hydrogen-bond donors (Lipinski definition) is 1. The minimum absolute atomic E-state index is 0.0669. The van der Waals surface area contributed by atoms with Gasteiger partial charge in [-0.05, 0) is 18.2 Å². The first-order valence-electron chi connectivity index (χ1n) is 5.74. The number of nitrogens with one attached hydrogen (secondary N) is 1. The fourth-order valence-corrected chi connectivity index (χ4v) is 2.10. The van der Waals surface area contributed by atoms with Crippen molar-refractivity contribution in [3.8, 4) is 0 Å². The SMILES string of the molecule is C=CCN(CC(=O)OF)C(=O)c1cc(Br)ccc1NC=S. The van der Waals surface area contributed by atoms with E-state index in [0.717, 1.165) is 4.90 Å². The van der Waals surface area contributed by atoms with Crippen LogP contribution < -0.4 is 5.32 Å². The van der Waals surface area contributed by atoms with E-state index in [1.807, 2.05) is 0 Å². The molecule has 0 atom stereocenters. The van der Waals surface area contributed by atoms with Gasteiger partial charge in [0.05, 0.1) is 16.7 Å². The van der Waals surface area contributed by atoms with Gasteiger partial charge in [-0.15, -0.1) is 6.58 Å². The molecule has 0 aliphatic carbocycles. The van der Waals surface area contributed by atoms with Crippen LogP contribution in [0.15, 0.2) is 35.3 Å². The molecule has 112 valence electrons. The van der Waals surface area contributed by atoms with Crippen LogP contribution in [0.2, 0.25) is 0 Å². The first kappa shape index (κ1) is 17.3. The van der Waals surface area contributed by atoms with Gasteiger partial charge in [0.2, 0.25) is 0 Å². The van der Waals surface area contributed by atoms with Gasteiger partial charge in [0.15, 0.2) is 0 Å². The van der Waals surface area contributed by atoms with Crippen molar-refractivity contribution >= 4 is 51.2 Å². The number of benzene rings is 1. The van der Waals surface area contributed by atoms with Crippen LogP contribution in [0.3, 0.4) is 0 Å². The molecular weight excluding hydrogens is 363 g/mol. The number of carbonyl (C=O) groups is 2. The molecule has 1 aromatic rings. The second-order valence-corrected chi connectivity index (χ2v) is 5.03. The van der Waals surface area contributed by atoms with Crippen LogP contribution in [0.1, 0.15) is 10.4 Å². The third-order valence-corrected chi connectivity index (χ3v) is 3.08. The van der Waals surface area contributed by atoms with Gasteiger partial charge >= 0.3 is 5.97 Å². The molecule has 1 rings (SSSR count). The van der Waals surface area contributed by atoms with Crippen LogP contribution in [0.25, 0.3) is 0 Å². The van der Waals surface area contributed by atoms with Crippen molar-refractivity contribution in [1.29, 1.82) is 0 Å². The van der Waals surface area contributed by atoms with E-state index < -0.39 is 18.4 Å². The number of hydrogen-bond acceptors (Lipinski definition) is 4. The normalized spacial score (nSPS) is 9.62. The second-order valence-electron chi connectivity index (χ2n) is 3.88. The molecule has 0 bridgehead atoms. The van der Waals surface area contributed by atoms with Crippen molar-refractivity contribution < 1.29 is 19.1 Å². The molecule has 0 saturated carbocycles. The minimum Gasteiger partial charge on any atom is -0.352 e. The van der Waals surface area contributed by atoms with Crippen LogP contribution in [0, 0.1) is 0 Å². The monoisotopic (exact) mass is 374 g/mol. The molecular formula is C13H12BrFN2O3S. The van der Waals surface area contributed by atoms with Crippen molar-refractivity contribution in [2.24, 2.45) is 0 Å². The van der Waals surface area contributed by atoms with Crippen LogP contribution in [-0.2, 0) is 9.74 Å². The molecule has 0 aromatic heterocycles. The summed E-state index contributed by atoms with van der Waals surface area (Å²) in [7, 11) is 0. The maximum absolute atomic E-state index is 12.5. The van der Waals surface area contributed by atoms with Crippen LogP contribution >= 0.6 is 28.1 Å². The molecule has 0 spiro atoms. The Morgan fingerprint density at radius 3 is 2.81 bits per heavy atom. The van der Waals surface area contributed by atoms with Gasteiger partial charge in [0.1, 0.15) is 6.54 Å². The molecule has 1 N–H and O–H groups in total. The Morgan fingerprint density at radius 2 is 2.24 bits per heavy atom. The van der Waals surface area contributed by atoms with Crippen molar-refractivity contribution in [2.45, 2.75) is 0 Å². The van der Waals surface area contributed by atoms with Gasteiger partial charge in [-0.1, -0.05) is 34.2 Å². The molecule has 0 aliphatic heterocycles. The lowest BCUT2D eigenvalue weighted by Crippen LogP contribution is -2.36. The molecule has 0 fully saturated rings. The van der Waals surface area contributed by atoms with E-state index >= 15 is 0 Å². The Morgan fingerprint density at radius 1 is 1.52 bits per heavy atom. The number of amides is 1. The third-order valence-electron chi connectivity index (χ3n) is 2.47. The molecule has 5 nitrogen and oxygen atoms in total.